The largest absolute Gasteiger partial charge is 0.446 e. The molecule has 7 nitrogen and oxygen atoms in total. The third-order valence-electron chi connectivity index (χ3n) is 3.76. The highest BCUT2D eigenvalue weighted by Gasteiger charge is 2.16. The molecule has 1 amide bonds. The van der Waals surface area contributed by atoms with Crippen LogP contribution in [-0.4, -0.2) is 19.3 Å². The van der Waals surface area contributed by atoms with E-state index >= 15 is 0 Å². The highest BCUT2D eigenvalue weighted by molar-refractivity contribution is 7.92. The predicted molar refractivity (Wildman–Crippen MR) is 97.2 cm³/mol. The number of amides is 1. The summed E-state index contributed by atoms with van der Waals surface area (Å²) in [6.45, 7) is 3.56. The Morgan fingerprint density at radius 2 is 1.65 bits per heavy atom. The van der Waals surface area contributed by atoms with Gasteiger partial charge in [0, 0.05) is 23.7 Å². The second-order valence-electron chi connectivity index (χ2n) is 5.71. The van der Waals surface area contributed by atoms with Crippen LogP contribution in [0.2, 0.25) is 0 Å². The van der Waals surface area contributed by atoms with E-state index in [4.69, 9.17) is 10.2 Å². The molecule has 0 saturated carbocycles. The molecule has 3 rings (SSSR count). The Hall–Kier alpha value is -3.13. The van der Waals surface area contributed by atoms with E-state index < -0.39 is 15.9 Å². The van der Waals surface area contributed by atoms with Crippen molar-refractivity contribution in [3.8, 4) is 11.3 Å². The lowest BCUT2D eigenvalue weighted by Gasteiger charge is -2.09. The molecule has 8 heteroatoms. The Labute approximate surface area is 150 Å². The number of aromatic nitrogens is 1. The summed E-state index contributed by atoms with van der Waals surface area (Å²) < 4.78 is 32.9. The van der Waals surface area contributed by atoms with Gasteiger partial charge >= 0.3 is 0 Å². The monoisotopic (exact) mass is 371 g/mol. The van der Waals surface area contributed by atoms with Crippen LogP contribution in [0.15, 0.2) is 57.8 Å². The average Bonchev–Trinajstić information content (AvgIpc) is 2.93. The van der Waals surface area contributed by atoms with Crippen molar-refractivity contribution < 1.29 is 17.6 Å². The van der Waals surface area contributed by atoms with Gasteiger partial charge in [0.1, 0.15) is 11.5 Å². The first-order valence-corrected chi connectivity index (χ1v) is 9.22. The molecule has 0 unspecified atom stereocenters. The minimum Gasteiger partial charge on any atom is -0.446 e. The summed E-state index contributed by atoms with van der Waals surface area (Å²) in [5.41, 5.74) is 7.25. The number of carbonyl (C=O) groups excluding carboxylic acids is 1. The Bertz CT molecular complexity index is 1050. The van der Waals surface area contributed by atoms with Gasteiger partial charge in [-0.05, 0) is 43.3 Å². The van der Waals surface area contributed by atoms with Crippen LogP contribution in [0.1, 0.15) is 22.0 Å². The van der Waals surface area contributed by atoms with Crippen LogP contribution in [0.4, 0.5) is 5.69 Å². The topological polar surface area (TPSA) is 115 Å². The van der Waals surface area contributed by atoms with Gasteiger partial charge in [-0.15, -0.1) is 0 Å². The lowest BCUT2D eigenvalue weighted by molar-refractivity contribution is 0.100. The zero-order chi connectivity index (χ0) is 18.9. The molecule has 0 spiro atoms. The van der Waals surface area contributed by atoms with Crippen LogP contribution in [0.25, 0.3) is 11.3 Å². The number of primary amides is 1. The summed E-state index contributed by atoms with van der Waals surface area (Å²) in [5.74, 6) is 0.648. The molecule has 0 aliphatic carbocycles. The number of anilines is 1. The molecular weight excluding hydrogens is 354 g/mol. The van der Waals surface area contributed by atoms with Gasteiger partial charge in [-0.1, -0.05) is 12.1 Å². The molecule has 0 fully saturated rings. The minimum atomic E-state index is -3.76. The number of nitrogens with two attached hydrogens (primary N) is 1. The molecule has 26 heavy (non-hydrogen) atoms. The van der Waals surface area contributed by atoms with Gasteiger partial charge in [0.25, 0.3) is 10.0 Å². The molecule has 2 aromatic carbocycles. The molecule has 0 aliphatic heterocycles. The van der Waals surface area contributed by atoms with E-state index in [2.05, 4.69) is 9.71 Å². The number of nitrogens with zero attached hydrogens (tertiary/aromatic N) is 1. The van der Waals surface area contributed by atoms with Crippen LogP contribution < -0.4 is 10.5 Å². The molecule has 0 bridgehead atoms. The van der Waals surface area contributed by atoms with Gasteiger partial charge < -0.3 is 10.2 Å². The number of hydrogen-bond acceptors (Lipinski definition) is 5. The fourth-order valence-electron chi connectivity index (χ4n) is 2.51. The fourth-order valence-corrected chi connectivity index (χ4v) is 3.56. The van der Waals surface area contributed by atoms with Crippen LogP contribution in [0.5, 0.6) is 0 Å². The van der Waals surface area contributed by atoms with Gasteiger partial charge in [0.15, 0.2) is 5.89 Å². The number of oxazole rings is 1. The molecule has 1 aromatic heterocycles. The first-order valence-electron chi connectivity index (χ1n) is 7.73. The van der Waals surface area contributed by atoms with E-state index in [1.54, 1.807) is 26.0 Å². The number of carbonyl (C=O) groups is 1. The molecule has 1 heterocycles. The van der Waals surface area contributed by atoms with Gasteiger partial charge in [0.05, 0.1) is 4.90 Å². The van der Waals surface area contributed by atoms with Gasteiger partial charge in [0.2, 0.25) is 5.91 Å². The molecule has 0 atom stereocenters. The van der Waals surface area contributed by atoms with E-state index in [9.17, 15) is 13.2 Å². The second-order valence-corrected chi connectivity index (χ2v) is 7.39. The fraction of sp³-hybridized carbons (Fsp3) is 0.111. The van der Waals surface area contributed by atoms with Crippen molar-refractivity contribution in [2.24, 2.45) is 5.73 Å². The van der Waals surface area contributed by atoms with Gasteiger partial charge in [-0.2, -0.15) is 0 Å². The highest BCUT2D eigenvalue weighted by Crippen LogP contribution is 2.25. The number of aryl methyl sites for hydroxylation is 2. The normalized spacial score (nSPS) is 11.3. The van der Waals surface area contributed by atoms with Crippen molar-refractivity contribution >= 4 is 21.6 Å². The molecule has 0 radical (unpaired) electrons. The molecule has 134 valence electrons. The first kappa shape index (κ1) is 17.7. The number of benzene rings is 2. The first-order chi connectivity index (χ1) is 12.3. The number of sulfonamides is 1. The maximum absolute atomic E-state index is 12.5. The molecule has 3 N–H and O–H groups in total. The maximum Gasteiger partial charge on any atom is 0.261 e. The lowest BCUT2D eigenvalue weighted by Crippen LogP contribution is -2.14. The van der Waals surface area contributed by atoms with Crippen LogP contribution >= 0.6 is 0 Å². The summed E-state index contributed by atoms with van der Waals surface area (Å²) >= 11 is 0. The number of nitrogens with one attached hydrogen (secondary N) is 1. The highest BCUT2D eigenvalue weighted by atomic mass is 32.2. The Morgan fingerprint density at radius 1 is 1.04 bits per heavy atom. The van der Waals surface area contributed by atoms with Crippen molar-refractivity contribution in [1.29, 1.82) is 0 Å². The smallest absolute Gasteiger partial charge is 0.261 e. The predicted octanol–water partition coefficient (Wildman–Crippen LogP) is 2.86. The Balaban J connectivity index is 1.83. The van der Waals surface area contributed by atoms with Crippen molar-refractivity contribution in [2.75, 3.05) is 4.72 Å². The summed E-state index contributed by atoms with van der Waals surface area (Å²) in [5, 5.41) is 0. The summed E-state index contributed by atoms with van der Waals surface area (Å²) in [6.07, 6.45) is 0. The van der Waals surface area contributed by atoms with Crippen molar-refractivity contribution in [2.45, 2.75) is 18.7 Å². The van der Waals surface area contributed by atoms with E-state index in [0.29, 0.717) is 28.6 Å². The molecule has 0 saturated heterocycles. The van der Waals surface area contributed by atoms with Crippen molar-refractivity contribution in [3.05, 3.63) is 65.7 Å². The van der Waals surface area contributed by atoms with Crippen LogP contribution in [-0.2, 0) is 10.0 Å². The standard InChI is InChI=1S/C18H17N3O4S/c1-11-17(20-12(2)25-11)13-5-9-16(10-6-13)26(23,24)21-15-7-3-14(4-8-15)18(19)22/h3-10,21H,1-2H3,(H2,19,22). The van der Waals surface area contributed by atoms with E-state index in [-0.39, 0.29) is 4.90 Å². The zero-order valence-electron chi connectivity index (χ0n) is 14.2. The maximum atomic E-state index is 12.5. The zero-order valence-corrected chi connectivity index (χ0v) is 15.0. The molecule has 0 aliphatic rings. The molecular formula is C18H17N3O4S. The van der Waals surface area contributed by atoms with Crippen LogP contribution in [0, 0.1) is 13.8 Å². The van der Waals surface area contributed by atoms with Crippen molar-refractivity contribution in [1.82, 2.24) is 4.98 Å². The lowest BCUT2D eigenvalue weighted by atomic mass is 10.1. The molecule has 3 aromatic rings. The third-order valence-corrected chi connectivity index (χ3v) is 5.16. The minimum absolute atomic E-state index is 0.109. The average molecular weight is 371 g/mol. The Morgan fingerprint density at radius 3 is 2.15 bits per heavy atom. The number of hydrogen-bond donors (Lipinski definition) is 2. The van der Waals surface area contributed by atoms with Gasteiger partial charge in [-0.25, -0.2) is 13.4 Å². The number of rotatable bonds is 5. The third kappa shape index (κ3) is 3.60. The van der Waals surface area contributed by atoms with E-state index in [1.807, 2.05) is 0 Å². The summed E-state index contributed by atoms with van der Waals surface area (Å²) in [7, 11) is -3.76. The SMILES string of the molecule is Cc1nc(-c2ccc(S(=O)(=O)Nc3ccc(C(N)=O)cc3)cc2)c(C)o1. The van der Waals surface area contributed by atoms with E-state index in [0.717, 1.165) is 5.56 Å². The summed E-state index contributed by atoms with van der Waals surface area (Å²) in [4.78, 5) is 15.5. The summed E-state index contributed by atoms with van der Waals surface area (Å²) in [6, 6.07) is 12.2. The second kappa shape index (κ2) is 6.64. The Kier molecular flexibility index (Phi) is 4.52. The van der Waals surface area contributed by atoms with Gasteiger partial charge in [-0.3, -0.25) is 9.52 Å². The quantitative estimate of drug-likeness (QED) is 0.715. The van der Waals surface area contributed by atoms with Crippen molar-refractivity contribution in [3.63, 3.8) is 0 Å². The van der Waals surface area contributed by atoms with E-state index in [1.165, 1.54) is 36.4 Å². The van der Waals surface area contributed by atoms with Crippen LogP contribution in [0.3, 0.4) is 0 Å².